The first-order valence-electron chi connectivity index (χ1n) is 7.76. The highest BCUT2D eigenvalue weighted by molar-refractivity contribution is 5.56. The Balaban J connectivity index is 1.55. The van der Waals surface area contributed by atoms with E-state index in [4.69, 9.17) is 0 Å². The van der Waals surface area contributed by atoms with E-state index in [2.05, 4.69) is 20.9 Å². The van der Waals surface area contributed by atoms with E-state index in [0.29, 0.717) is 0 Å². The summed E-state index contributed by atoms with van der Waals surface area (Å²) in [6, 6.07) is 9.16. The van der Waals surface area contributed by atoms with Crippen LogP contribution in [0.2, 0.25) is 0 Å². The molecule has 0 saturated heterocycles. The van der Waals surface area contributed by atoms with Crippen molar-refractivity contribution in [1.29, 1.82) is 0 Å². The first-order valence-corrected chi connectivity index (χ1v) is 7.76. The second-order valence-electron chi connectivity index (χ2n) is 5.79. The Kier molecular flexibility index (Phi) is 3.54. The first kappa shape index (κ1) is 13.9. The van der Waals surface area contributed by atoms with Gasteiger partial charge in [0.05, 0.1) is 0 Å². The lowest BCUT2D eigenvalue weighted by atomic mass is 10.0. The molecule has 0 unspecified atom stereocenters. The summed E-state index contributed by atoms with van der Waals surface area (Å²) in [5.74, 6) is 0.698. The van der Waals surface area contributed by atoms with Gasteiger partial charge in [-0.15, -0.1) is 0 Å². The van der Waals surface area contributed by atoms with Gasteiger partial charge in [-0.25, -0.2) is 14.4 Å². The molecule has 4 nitrogen and oxygen atoms in total. The van der Waals surface area contributed by atoms with Gasteiger partial charge < -0.3 is 4.90 Å². The Morgan fingerprint density at radius 3 is 2.91 bits per heavy atom. The number of hydrogen-bond acceptors (Lipinski definition) is 3. The van der Waals surface area contributed by atoms with Crippen molar-refractivity contribution in [2.45, 2.75) is 19.4 Å². The van der Waals surface area contributed by atoms with E-state index in [1.54, 1.807) is 18.6 Å². The third-order valence-electron chi connectivity index (χ3n) is 4.21. The average molecular weight is 308 g/mol. The van der Waals surface area contributed by atoms with Gasteiger partial charge in [-0.2, -0.15) is 0 Å². The van der Waals surface area contributed by atoms with E-state index in [9.17, 15) is 4.39 Å². The fourth-order valence-corrected chi connectivity index (χ4v) is 3.09. The first-order chi connectivity index (χ1) is 11.3. The summed E-state index contributed by atoms with van der Waals surface area (Å²) in [6.45, 7) is 1.78. The van der Waals surface area contributed by atoms with Gasteiger partial charge in [0.15, 0.2) is 0 Å². The third-order valence-corrected chi connectivity index (χ3v) is 4.21. The van der Waals surface area contributed by atoms with Crippen molar-refractivity contribution in [2.24, 2.45) is 0 Å². The predicted molar refractivity (Wildman–Crippen MR) is 87.1 cm³/mol. The molecule has 0 atom stereocenters. The molecule has 0 fully saturated rings. The average Bonchev–Trinajstić information content (AvgIpc) is 3.10. The second-order valence-corrected chi connectivity index (χ2v) is 5.79. The number of benzene rings is 1. The van der Waals surface area contributed by atoms with E-state index in [0.717, 1.165) is 48.6 Å². The highest BCUT2D eigenvalue weighted by atomic mass is 19.1. The topological polar surface area (TPSA) is 34.0 Å². The van der Waals surface area contributed by atoms with Gasteiger partial charge in [0, 0.05) is 37.4 Å². The molecule has 0 N–H and O–H groups in total. The summed E-state index contributed by atoms with van der Waals surface area (Å²) in [7, 11) is 0. The summed E-state index contributed by atoms with van der Waals surface area (Å²) in [4.78, 5) is 10.8. The fraction of sp³-hybridized carbons (Fsp3) is 0.222. The molecular formula is C18H17FN4. The van der Waals surface area contributed by atoms with E-state index in [1.807, 2.05) is 29.1 Å². The van der Waals surface area contributed by atoms with E-state index >= 15 is 0 Å². The van der Waals surface area contributed by atoms with Gasteiger partial charge in [-0.3, -0.25) is 4.57 Å². The van der Waals surface area contributed by atoms with Gasteiger partial charge in [-0.1, -0.05) is 6.07 Å². The Bertz CT molecular complexity index is 796. The van der Waals surface area contributed by atoms with Crippen LogP contribution in [0.1, 0.15) is 17.5 Å². The number of pyridine rings is 1. The number of nitrogens with zero attached hydrogens (tertiary/aromatic N) is 4. The summed E-state index contributed by atoms with van der Waals surface area (Å²) in [5.41, 5.74) is 3.38. The number of imidazole rings is 1. The summed E-state index contributed by atoms with van der Waals surface area (Å²) in [6.07, 6.45) is 9.24. The van der Waals surface area contributed by atoms with Crippen molar-refractivity contribution in [1.82, 2.24) is 14.5 Å². The molecule has 0 spiro atoms. The molecule has 0 aliphatic carbocycles. The molecule has 0 amide bonds. The minimum Gasteiger partial charge on any atom is -0.367 e. The number of halogens is 1. The zero-order valence-corrected chi connectivity index (χ0v) is 12.7. The molecule has 4 rings (SSSR count). The molecule has 116 valence electrons. The molecule has 3 heterocycles. The number of aryl methyl sites for hydroxylation is 1. The normalized spacial score (nSPS) is 13.9. The van der Waals surface area contributed by atoms with Crippen LogP contribution in [0.15, 0.2) is 55.2 Å². The molecular weight excluding hydrogens is 291 g/mol. The van der Waals surface area contributed by atoms with Crippen molar-refractivity contribution < 1.29 is 4.39 Å². The lowest BCUT2D eigenvalue weighted by Crippen LogP contribution is -2.28. The van der Waals surface area contributed by atoms with E-state index in [1.165, 1.54) is 6.07 Å². The number of fused-ring (bicyclic) bond motifs is 1. The molecule has 0 bridgehead atoms. The predicted octanol–water partition coefficient (Wildman–Crippen LogP) is 3.36. The standard InChI is InChI=1S/C18H17FN4/c19-16-4-5-17-15(10-16)2-1-8-22(17)12-14-3-6-18(21-11-14)23-9-7-20-13-23/h3-7,9-11,13H,1-2,8,12H2. The number of aromatic nitrogens is 3. The number of anilines is 1. The highest BCUT2D eigenvalue weighted by Crippen LogP contribution is 2.29. The maximum atomic E-state index is 13.4. The van der Waals surface area contributed by atoms with Gasteiger partial charge in [0.25, 0.3) is 0 Å². The van der Waals surface area contributed by atoms with Gasteiger partial charge in [0.1, 0.15) is 18.0 Å². The van der Waals surface area contributed by atoms with Crippen LogP contribution in [0.4, 0.5) is 10.1 Å². The fourth-order valence-electron chi connectivity index (χ4n) is 3.09. The molecule has 23 heavy (non-hydrogen) atoms. The number of rotatable bonds is 3. The monoisotopic (exact) mass is 308 g/mol. The Morgan fingerprint density at radius 2 is 2.13 bits per heavy atom. The van der Waals surface area contributed by atoms with Crippen LogP contribution < -0.4 is 4.90 Å². The van der Waals surface area contributed by atoms with Gasteiger partial charge in [0.2, 0.25) is 0 Å². The molecule has 5 heteroatoms. The van der Waals surface area contributed by atoms with Crippen molar-refractivity contribution in [3.8, 4) is 5.82 Å². The lowest BCUT2D eigenvalue weighted by molar-refractivity contribution is 0.618. The van der Waals surface area contributed by atoms with Gasteiger partial charge in [-0.05, 0) is 48.2 Å². The van der Waals surface area contributed by atoms with Crippen molar-refractivity contribution in [2.75, 3.05) is 11.4 Å². The zero-order chi connectivity index (χ0) is 15.6. The van der Waals surface area contributed by atoms with Crippen LogP contribution in [0, 0.1) is 5.82 Å². The number of hydrogen-bond donors (Lipinski definition) is 0. The largest absolute Gasteiger partial charge is 0.367 e. The summed E-state index contributed by atoms with van der Waals surface area (Å²) in [5, 5.41) is 0. The maximum Gasteiger partial charge on any atom is 0.137 e. The van der Waals surface area contributed by atoms with Crippen LogP contribution in [-0.4, -0.2) is 21.1 Å². The van der Waals surface area contributed by atoms with Crippen LogP contribution in [0.5, 0.6) is 0 Å². The van der Waals surface area contributed by atoms with Crippen LogP contribution in [0.3, 0.4) is 0 Å². The third kappa shape index (κ3) is 2.82. The zero-order valence-electron chi connectivity index (χ0n) is 12.7. The van der Waals surface area contributed by atoms with E-state index < -0.39 is 0 Å². The molecule has 3 aromatic rings. The molecule has 0 radical (unpaired) electrons. The Hall–Kier alpha value is -2.69. The quantitative estimate of drug-likeness (QED) is 0.744. The lowest BCUT2D eigenvalue weighted by Gasteiger charge is -2.31. The molecule has 0 saturated carbocycles. The molecule has 1 aliphatic rings. The summed E-state index contributed by atoms with van der Waals surface area (Å²) < 4.78 is 15.3. The highest BCUT2D eigenvalue weighted by Gasteiger charge is 2.17. The SMILES string of the molecule is Fc1ccc2c(c1)CCCN2Cc1ccc(-n2ccnc2)nc1. The Morgan fingerprint density at radius 1 is 1.17 bits per heavy atom. The molecule has 1 aliphatic heterocycles. The smallest absolute Gasteiger partial charge is 0.137 e. The maximum absolute atomic E-state index is 13.4. The van der Waals surface area contributed by atoms with Crippen LogP contribution in [-0.2, 0) is 13.0 Å². The Labute approximate surface area is 134 Å². The molecule has 2 aromatic heterocycles. The minimum absolute atomic E-state index is 0.156. The van der Waals surface area contributed by atoms with Crippen molar-refractivity contribution in [3.63, 3.8) is 0 Å². The molecule has 1 aromatic carbocycles. The minimum atomic E-state index is -0.156. The van der Waals surface area contributed by atoms with Gasteiger partial charge >= 0.3 is 0 Å². The van der Waals surface area contributed by atoms with E-state index in [-0.39, 0.29) is 5.82 Å². The van der Waals surface area contributed by atoms with Crippen molar-refractivity contribution >= 4 is 5.69 Å². The van der Waals surface area contributed by atoms with Crippen LogP contribution >= 0.6 is 0 Å². The van der Waals surface area contributed by atoms with Crippen molar-refractivity contribution in [3.05, 3.63) is 72.2 Å². The summed E-state index contributed by atoms with van der Waals surface area (Å²) >= 11 is 0. The van der Waals surface area contributed by atoms with Crippen LogP contribution in [0.25, 0.3) is 5.82 Å². The second kappa shape index (κ2) is 5.83.